The molecule has 0 aliphatic heterocycles. The lowest BCUT2D eigenvalue weighted by Gasteiger charge is -2.14. The molecule has 10 aromatic carbocycles. The Morgan fingerprint density at radius 1 is 0.254 bits per heavy atom. The summed E-state index contributed by atoms with van der Waals surface area (Å²) in [5, 5.41) is 1.08. The highest BCUT2D eigenvalue weighted by Gasteiger charge is 2.22. The van der Waals surface area contributed by atoms with Crippen molar-refractivity contribution in [1.82, 2.24) is 14.5 Å². The van der Waals surface area contributed by atoms with E-state index >= 15 is 0 Å². The smallest absolute Gasteiger partial charge is 0.160 e. The normalized spacial score (nSPS) is 11.3. The second kappa shape index (κ2) is 17.2. The molecule has 0 amide bonds. The van der Waals surface area contributed by atoms with Crippen LogP contribution in [0.25, 0.3) is 117 Å². The number of hydrogen-bond donors (Lipinski definition) is 0. The largest absolute Gasteiger partial charge is 0.306 e. The molecule has 0 N–H and O–H groups in total. The Hall–Kier alpha value is -8.92. The van der Waals surface area contributed by atoms with Crippen LogP contribution >= 0.6 is 0 Å². The molecular formula is C64H43N3. The van der Waals surface area contributed by atoms with Gasteiger partial charge in [-0.3, -0.25) is 0 Å². The summed E-state index contributed by atoms with van der Waals surface area (Å²) in [5.41, 5.74) is 21.0. The zero-order valence-corrected chi connectivity index (χ0v) is 36.7. The monoisotopic (exact) mass is 853 g/mol. The molecule has 0 aliphatic rings. The number of rotatable bonds is 9. The Morgan fingerprint density at radius 3 is 1.16 bits per heavy atom. The van der Waals surface area contributed by atoms with Crippen LogP contribution in [0.3, 0.4) is 0 Å². The van der Waals surface area contributed by atoms with E-state index in [1.807, 2.05) is 0 Å². The fourth-order valence-corrected chi connectivity index (χ4v) is 9.46. The Morgan fingerprint density at radius 2 is 0.612 bits per heavy atom. The van der Waals surface area contributed by atoms with Gasteiger partial charge in [-0.2, -0.15) is 0 Å². The van der Waals surface area contributed by atoms with Crippen LogP contribution in [0.15, 0.2) is 261 Å². The van der Waals surface area contributed by atoms with Crippen LogP contribution in [-0.4, -0.2) is 14.5 Å². The minimum absolute atomic E-state index is 0.684. The lowest BCUT2D eigenvalue weighted by molar-refractivity contribution is 1.15. The van der Waals surface area contributed by atoms with Gasteiger partial charge in [0.05, 0.1) is 16.7 Å². The van der Waals surface area contributed by atoms with E-state index in [1.54, 1.807) is 0 Å². The number of para-hydroxylation sites is 2. The molecule has 0 fully saturated rings. The number of nitrogens with zero attached hydrogens (tertiary/aromatic N) is 3. The molecule has 0 saturated carbocycles. The summed E-state index contributed by atoms with van der Waals surface area (Å²) in [6, 6.07) is 93.0. The third kappa shape index (κ3) is 7.69. The molecule has 0 spiro atoms. The first kappa shape index (κ1) is 39.7. The van der Waals surface area contributed by atoms with Gasteiger partial charge in [0.25, 0.3) is 0 Å². The van der Waals surface area contributed by atoms with E-state index in [9.17, 15) is 0 Å². The summed E-state index contributed by atoms with van der Waals surface area (Å²) < 4.78 is 2.32. The fraction of sp³-hybridized carbons (Fsp3) is 0. The van der Waals surface area contributed by atoms with E-state index < -0.39 is 0 Å². The van der Waals surface area contributed by atoms with Crippen molar-refractivity contribution in [3.05, 3.63) is 261 Å². The van der Waals surface area contributed by atoms with Crippen molar-refractivity contribution in [3.63, 3.8) is 0 Å². The molecule has 67 heavy (non-hydrogen) atoms. The van der Waals surface area contributed by atoms with Gasteiger partial charge >= 0.3 is 0 Å². The third-order valence-electron chi connectivity index (χ3n) is 12.8. The maximum absolute atomic E-state index is 5.50. The van der Waals surface area contributed by atoms with Crippen molar-refractivity contribution in [2.75, 3.05) is 0 Å². The van der Waals surface area contributed by atoms with Gasteiger partial charge in [-0.05, 0) is 121 Å². The zero-order valence-electron chi connectivity index (χ0n) is 36.7. The highest BCUT2D eigenvalue weighted by molar-refractivity contribution is 6.11. The first-order valence-corrected chi connectivity index (χ1v) is 22.8. The van der Waals surface area contributed by atoms with Crippen molar-refractivity contribution >= 4 is 21.9 Å². The Kier molecular flexibility index (Phi) is 10.2. The van der Waals surface area contributed by atoms with E-state index in [0.717, 1.165) is 77.8 Å². The molecule has 2 aromatic heterocycles. The third-order valence-corrected chi connectivity index (χ3v) is 12.8. The Balaban J connectivity index is 0.931. The molecule has 0 atom stereocenters. The van der Waals surface area contributed by atoms with E-state index in [-0.39, 0.29) is 0 Å². The molecule has 3 heteroatoms. The summed E-state index contributed by atoms with van der Waals surface area (Å²) >= 11 is 0. The van der Waals surface area contributed by atoms with Crippen molar-refractivity contribution in [2.45, 2.75) is 0 Å². The van der Waals surface area contributed by atoms with Crippen LogP contribution < -0.4 is 0 Å². The van der Waals surface area contributed by atoms with E-state index in [4.69, 9.17) is 9.97 Å². The molecule has 12 aromatic rings. The predicted octanol–water partition coefficient (Wildman–Crippen LogP) is 16.9. The number of aromatic nitrogens is 3. The zero-order chi connectivity index (χ0) is 44.5. The van der Waals surface area contributed by atoms with Gasteiger partial charge in [-0.1, -0.05) is 206 Å². The summed E-state index contributed by atoms with van der Waals surface area (Å²) in [7, 11) is 0. The van der Waals surface area contributed by atoms with Crippen LogP contribution in [0.4, 0.5) is 0 Å². The van der Waals surface area contributed by atoms with Crippen LogP contribution in [0.2, 0.25) is 0 Å². The first-order chi connectivity index (χ1) is 33.2. The second-order valence-corrected chi connectivity index (χ2v) is 17.0. The topological polar surface area (TPSA) is 30.7 Å². The highest BCUT2D eigenvalue weighted by atomic mass is 15.0. The SMILES string of the molecule is c1ccc(-c2cc(-c3ccccc3)cc(-c3ccc(-c4cccc(-c5cccc(-c6nc(-c7cccc(-c8ccccc8)c7)c7c(n6)c6ccccc6n7-c6ccccc6)c5)c4)cc3)c2)cc1. The first-order valence-electron chi connectivity index (χ1n) is 22.8. The maximum Gasteiger partial charge on any atom is 0.160 e. The minimum atomic E-state index is 0.684. The minimum Gasteiger partial charge on any atom is -0.306 e. The van der Waals surface area contributed by atoms with Gasteiger partial charge in [-0.15, -0.1) is 0 Å². The van der Waals surface area contributed by atoms with Gasteiger partial charge in [0, 0.05) is 22.2 Å². The molecular weight excluding hydrogens is 811 g/mol. The summed E-state index contributed by atoms with van der Waals surface area (Å²) in [6.07, 6.45) is 0. The van der Waals surface area contributed by atoms with Gasteiger partial charge in [0.15, 0.2) is 5.82 Å². The molecule has 0 unspecified atom stereocenters. The Labute approximate surface area is 390 Å². The summed E-state index contributed by atoms with van der Waals surface area (Å²) in [6.45, 7) is 0. The van der Waals surface area contributed by atoms with Crippen LogP contribution in [-0.2, 0) is 0 Å². The summed E-state index contributed by atoms with van der Waals surface area (Å²) in [4.78, 5) is 10.9. The van der Waals surface area contributed by atoms with Crippen LogP contribution in [0, 0.1) is 0 Å². The number of benzene rings is 10. The molecule has 0 radical (unpaired) electrons. The average Bonchev–Trinajstić information content (AvgIpc) is 3.76. The van der Waals surface area contributed by atoms with Gasteiger partial charge in [0.2, 0.25) is 0 Å². The van der Waals surface area contributed by atoms with Crippen LogP contribution in [0.5, 0.6) is 0 Å². The summed E-state index contributed by atoms with van der Waals surface area (Å²) in [5.74, 6) is 0.684. The molecule has 0 saturated heterocycles. The van der Waals surface area contributed by atoms with E-state index in [1.165, 1.54) is 33.4 Å². The van der Waals surface area contributed by atoms with Crippen molar-refractivity contribution in [3.8, 4) is 95.1 Å². The standard InChI is InChI=1S/C64H43N3/c1-5-18-44(19-6-1)50-25-16-28-53(39-50)61-63-62(59-32-13-14-33-60(59)67(63)58-30-11-4-12-31-58)66-64(65-61)54-29-17-27-52(40-54)51-26-15-24-49(38-51)47-34-36-48(37-35-47)57-42-55(45-20-7-2-8-21-45)41-56(43-57)46-22-9-3-10-23-46/h1-43H. The molecule has 0 bridgehead atoms. The molecule has 12 rings (SSSR count). The van der Waals surface area contributed by atoms with Gasteiger partial charge in [-0.25, -0.2) is 9.97 Å². The molecule has 314 valence electrons. The van der Waals surface area contributed by atoms with Crippen molar-refractivity contribution in [1.29, 1.82) is 0 Å². The van der Waals surface area contributed by atoms with Gasteiger partial charge in [0.1, 0.15) is 5.52 Å². The van der Waals surface area contributed by atoms with Crippen LogP contribution in [0.1, 0.15) is 0 Å². The van der Waals surface area contributed by atoms with Gasteiger partial charge < -0.3 is 4.57 Å². The number of hydrogen-bond acceptors (Lipinski definition) is 2. The molecule has 2 heterocycles. The highest BCUT2D eigenvalue weighted by Crippen LogP contribution is 2.40. The number of fused-ring (bicyclic) bond motifs is 3. The van der Waals surface area contributed by atoms with Crippen molar-refractivity contribution in [2.24, 2.45) is 0 Å². The lowest BCUT2D eigenvalue weighted by atomic mass is 9.92. The van der Waals surface area contributed by atoms with E-state index in [2.05, 4.69) is 265 Å². The van der Waals surface area contributed by atoms with Crippen molar-refractivity contribution < 1.29 is 0 Å². The van der Waals surface area contributed by atoms with E-state index in [0.29, 0.717) is 5.82 Å². The average molecular weight is 854 g/mol. The maximum atomic E-state index is 5.50. The second-order valence-electron chi connectivity index (χ2n) is 17.0. The molecule has 0 aliphatic carbocycles. The predicted molar refractivity (Wildman–Crippen MR) is 280 cm³/mol. The molecule has 3 nitrogen and oxygen atoms in total. The quantitative estimate of drug-likeness (QED) is 0.145. The Bertz CT molecular complexity index is 3650. The lowest BCUT2D eigenvalue weighted by Crippen LogP contribution is -2.00. The fourth-order valence-electron chi connectivity index (χ4n) is 9.46.